The van der Waals surface area contributed by atoms with Crippen molar-refractivity contribution in [2.75, 3.05) is 32.8 Å². The van der Waals surface area contributed by atoms with Crippen LogP contribution in [0.1, 0.15) is 73.7 Å². The third-order valence-electron chi connectivity index (χ3n) is 8.57. The molecule has 3 aliphatic heterocycles. The SMILES string of the molecule is CCN1CCC(c2ccc(C(=O)NC3(C(=O)N4C[C@@H](O)[C@H]5OCC(=O)[C@H]54)CCCCC3)cc2)CC1. The van der Waals surface area contributed by atoms with E-state index >= 15 is 0 Å². The molecule has 3 atom stereocenters. The molecule has 0 radical (unpaired) electrons. The van der Waals surface area contributed by atoms with Crippen LogP contribution in [0.25, 0.3) is 0 Å². The number of Topliss-reactive ketones (excluding diaryl/α,β-unsaturated/α-hetero) is 1. The normalized spacial score (nSPS) is 29.3. The number of fused-ring (bicyclic) bond motifs is 1. The lowest BCUT2D eigenvalue weighted by molar-refractivity contribution is -0.143. The zero-order chi connectivity index (χ0) is 24.6. The van der Waals surface area contributed by atoms with Crippen molar-refractivity contribution in [1.82, 2.24) is 15.1 Å². The standard InChI is InChI=1S/C27H37N3O5/c1-2-29-14-10-19(11-15-29)18-6-8-20(9-7-18)25(33)28-27(12-4-3-5-13-27)26(34)30-16-21(31)24-23(30)22(32)17-35-24/h6-9,19,21,23-24,31H,2-5,10-17H2,1H3,(H,28,33)/t21-,23-,24-/m1/s1. The van der Waals surface area contributed by atoms with Gasteiger partial charge >= 0.3 is 0 Å². The first kappa shape index (κ1) is 24.4. The molecule has 190 valence electrons. The summed E-state index contributed by atoms with van der Waals surface area (Å²) in [7, 11) is 0. The molecule has 2 amide bonds. The lowest BCUT2D eigenvalue weighted by Gasteiger charge is -2.40. The molecule has 1 saturated carbocycles. The second-order valence-corrected chi connectivity index (χ2v) is 10.6. The minimum atomic E-state index is -1.06. The van der Waals surface area contributed by atoms with Crippen LogP contribution in [-0.4, -0.2) is 89.1 Å². The van der Waals surface area contributed by atoms with Gasteiger partial charge in [-0.3, -0.25) is 14.4 Å². The maximum Gasteiger partial charge on any atom is 0.252 e. The number of β-amino-alcohol motifs (C(OH)–C–C–N with tert-alkyl or cyclic N) is 1. The number of nitrogens with one attached hydrogen (secondary N) is 1. The summed E-state index contributed by atoms with van der Waals surface area (Å²) in [6.45, 7) is 5.47. The molecule has 35 heavy (non-hydrogen) atoms. The second kappa shape index (κ2) is 9.99. The zero-order valence-electron chi connectivity index (χ0n) is 20.6. The summed E-state index contributed by atoms with van der Waals surface area (Å²) in [5.41, 5.74) is 0.744. The zero-order valence-corrected chi connectivity index (χ0v) is 20.6. The van der Waals surface area contributed by atoms with Gasteiger partial charge < -0.3 is 25.0 Å². The van der Waals surface area contributed by atoms with Crippen molar-refractivity contribution in [3.05, 3.63) is 35.4 Å². The van der Waals surface area contributed by atoms with E-state index in [2.05, 4.69) is 17.1 Å². The molecule has 1 aromatic rings. The first-order chi connectivity index (χ1) is 16.9. The van der Waals surface area contributed by atoms with Crippen molar-refractivity contribution in [1.29, 1.82) is 0 Å². The number of nitrogens with zero attached hydrogens (tertiary/aromatic N) is 2. The highest BCUT2D eigenvalue weighted by Crippen LogP contribution is 2.35. The Kier molecular flexibility index (Phi) is 6.97. The molecule has 1 aromatic carbocycles. The number of carbonyl (C=O) groups excluding carboxylic acids is 3. The van der Waals surface area contributed by atoms with Gasteiger partial charge in [-0.25, -0.2) is 0 Å². The average Bonchev–Trinajstić information content (AvgIpc) is 3.44. The number of likely N-dealkylation sites (tertiary alicyclic amines) is 2. The van der Waals surface area contributed by atoms with E-state index in [0.717, 1.165) is 51.7 Å². The number of piperidine rings is 1. The topological polar surface area (TPSA) is 99.2 Å². The van der Waals surface area contributed by atoms with Gasteiger partial charge in [0, 0.05) is 5.56 Å². The van der Waals surface area contributed by atoms with Crippen LogP contribution < -0.4 is 5.32 Å². The number of carbonyl (C=O) groups is 3. The van der Waals surface area contributed by atoms with Gasteiger partial charge in [-0.2, -0.15) is 0 Å². The lowest BCUT2D eigenvalue weighted by Crippen LogP contribution is -2.62. The van der Waals surface area contributed by atoms with Crippen LogP contribution in [0.4, 0.5) is 0 Å². The number of amides is 2. The van der Waals surface area contributed by atoms with Crippen LogP contribution in [-0.2, 0) is 14.3 Å². The molecule has 0 unspecified atom stereocenters. The fourth-order valence-electron chi connectivity index (χ4n) is 6.44. The number of hydrogen-bond donors (Lipinski definition) is 2. The summed E-state index contributed by atoms with van der Waals surface area (Å²) in [5.74, 6) is -0.201. The van der Waals surface area contributed by atoms with Crippen LogP contribution >= 0.6 is 0 Å². The lowest BCUT2D eigenvalue weighted by atomic mass is 9.80. The molecule has 8 heteroatoms. The Hall–Kier alpha value is -2.29. The van der Waals surface area contributed by atoms with Gasteiger partial charge in [-0.05, 0) is 68.9 Å². The highest BCUT2D eigenvalue weighted by molar-refractivity contribution is 6.01. The monoisotopic (exact) mass is 483 g/mol. The summed E-state index contributed by atoms with van der Waals surface area (Å²) in [4.78, 5) is 43.5. The molecule has 4 fully saturated rings. The molecule has 3 saturated heterocycles. The summed E-state index contributed by atoms with van der Waals surface area (Å²) >= 11 is 0. The highest BCUT2D eigenvalue weighted by atomic mass is 16.5. The van der Waals surface area contributed by atoms with Crippen LogP contribution in [0, 0.1) is 0 Å². The average molecular weight is 484 g/mol. The Balaban J connectivity index is 1.30. The summed E-state index contributed by atoms with van der Waals surface area (Å²) in [6, 6.07) is 7.06. The van der Waals surface area contributed by atoms with Gasteiger partial charge in [-0.1, -0.05) is 38.3 Å². The molecular formula is C27H37N3O5. The van der Waals surface area contributed by atoms with E-state index in [1.54, 1.807) is 0 Å². The third-order valence-corrected chi connectivity index (χ3v) is 8.57. The molecular weight excluding hydrogens is 446 g/mol. The Morgan fingerprint density at radius 1 is 1.11 bits per heavy atom. The predicted octanol–water partition coefficient (Wildman–Crippen LogP) is 1.86. The first-order valence-electron chi connectivity index (χ1n) is 13.2. The Labute approximate surface area is 207 Å². The van der Waals surface area contributed by atoms with E-state index in [0.29, 0.717) is 24.3 Å². The van der Waals surface area contributed by atoms with Crippen molar-refractivity contribution in [2.45, 2.75) is 81.6 Å². The number of ether oxygens (including phenoxy) is 1. The number of hydrogen-bond acceptors (Lipinski definition) is 6. The Bertz CT molecular complexity index is 950. The van der Waals surface area contributed by atoms with Gasteiger partial charge in [0.05, 0.1) is 6.54 Å². The number of aliphatic hydroxyl groups is 1. The maximum atomic E-state index is 13.8. The van der Waals surface area contributed by atoms with Crippen LogP contribution in [0.15, 0.2) is 24.3 Å². The van der Waals surface area contributed by atoms with Crippen molar-refractivity contribution in [3.8, 4) is 0 Å². The first-order valence-corrected chi connectivity index (χ1v) is 13.2. The number of ketones is 1. The van der Waals surface area contributed by atoms with E-state index < -0.39 is 23.8 Å². The smallest absolute Gasteiger partial charge is 0.252 e. The maximum absolute atomic E-state index is 13.8. The summed E-state index contributed by atoms with van der Waals surface area (Å²) in [5, 5.41) is 13.5. The van der Waals surface area contributed by atoms with Gasteiger partial charge in [0.25, 0.3) is 5.91 Å². The molecule has 3 heterocycles. The summed E-state index contributed by atoms with van der Waals surface area (Å²) in [6.07, 6.45) is 4.44. The van der Waals surface area contributed by atoms with Crippen molar-refractivity contribution < 1.29 is 24.2 Å². The minimum absolute atomic E-state index is 0.0586. The van der Waals surface area contributed by atoms with Crippen LogP contribution in [0.3, 0.4) is 0 Å². The van der Waals surface area contributed by atoms with Gasteiger partial charge in [0.15, 0.2) is 5.78 Å². The molecule has 0 aromatic heterocycles. The summed E-state index contributed by atoms with van der Waals surface area (Å²) < 4.78 is 5.44. The Morgan fingerprint density at radius 3 is 2.46 bits per heavy atom. The fourth-order valence-corrected chi connectivity index (χ4v) is 6.44. The molecule has 5 rings (SSSR count). The van der Waals surface area contributed by atoms with Gasteiger partial charge in [-0.15, -0.1) is 0 Å². The third kappa shape index (κ3) is 4.63. The number of aliphatic hydroxyl groups excluding tert-OH is 1. The van der Waals surface area contributed by atoms with E-state index in [1.807, 2.05) is 24.3 Å². The number of rotatable bonds is 5. The van der Waals surface area contributed by atoms with E-state index in [4.69, 9.17) is 4.74 Å². The molecule has 8 nitrogen and oxygen atoms in total. The van der Waals surface area contributed by atoms with E-state index in [1.165, 1.54) is 10.5 Å². The number of benzene rings is 1. The molecule has 4 aliphatic rings. The van der Waals surface area contributed by atoms with Crippen molar-refractivity contribution >= 4 is 17.6 Å². The molecule has 1 aliphatic carbocycles. The molecule has 0 bridgehead atoms. The minimum Gasteiger partial charge on any atom is -0.388 e. The van der Waals surface area contributed by atoms with E-state index in [-0.39, 0.29) is 30.7 Å². The van der Waals surface area contributed by atoms with Crippen LogP contribution in [0.2, 0.25) is 0 Å². The predicted molar refractivity (Wildman–Crippen MR) is 130 cm³/mol. The van der Waals surface area contributed by atoms with Gasteiger partial charge in [0.1, 0.15) is 30.4 Å². The van der Waals surface area contributed by atoms with Crippen molar-refractivity contribution in [3.63, 3.8) is 0 Å². The highest BCUT2D eigenvalue weighted by Gasteiger charge is 2.55. The van der Waals surface area contributed by atoms with Gasteiger partial charge in [0.2, 0.25) is 5.91 Å². The van der Waals surface area contributed by atoms with E-state index in [9.17, 15) is 19.5 Å². The second-order valence-electron chi connectivity index (χ2n) is 10.6. The van der Waals surface area contributed by atoms with Crippen LogP contribution in [0.5, 0.6) is 0 Å². The largest absolute Gasteiger partial charge is 0.388 e. The Morgan fingerprint density at radius 2 is 1.80 bits per heavy atom. The van der Waals surface area contributed by atoms with Crippen molar-refractivity contribution in [2.24, 2.45) is 0 Å². The molecule has 2 N–H and O–H groups in total. The molecule has 0 spiro atoms. The quantitative estimate of drug-likeness (QED) is 0.663. The fraction of sp³-hybridized carbons (Fsp3) is 0.667.